The lowest BCUT2D eigenvalue weighted by Gasteiger charge is -2.51. The van der Waals surface area contributed by atoms with Crippen molar-refractivity contribution in [2.45, 2.75) is 33.6 Å². The highest BCUT2D eigenvalue weighted by molar-refractivity contribution is 5.91. The maximum Gasteiger partial charge on any atom is 0.224 e. The third kappa shape index (κ3) is 2.89. The zero-order valence-corrected chi connectivity index (χ0v) is 12.1. The largest absolute Gasteiger partial charge is 0.326 e. The molecule has 3 nitrogen and oxygen atoms in total. The van der Waals surface area contributed by atoms with Gasteiger partial charge >= 0.3 is 0 Å². The molecule has 1 amide bonds. The average Bonchev–Trinajstić information content (AvgIpc) is 2.36. The van der Waals surface area contributed by atoms with Crippen LogP contribution in [0.25, 0.3) is 0 Å². The van der Waals surface area contributed by atoms with E-state index in [0.717, 1.165) is 6.42 Å². The number of nitrogens with one attached hydrogen (secondary N) is 1. The van der Waals surface area contributed by atoms with Crippen molar-refractivity contribution in [3.05, 3.63) is 30.1 Å². The fraction of sp³-hybridized carbons (Fsp3) is 0.500. The van der Waals surface area contributed by atoms with E-state index >= 15 is 0 Å². The van der Waals surface area contributed by atoms with Crippen LogP contribution in [0.1, 0.15) is 33.6 Å². The summed E-state index contributed by atoms with van der Waals surface area (Å²) in [7, 11) is 0. The molecule has 0 spiro atoms. The van der Waals surface area contributed by atoms with Gasteiger partial charge in [-0.25, -0.2) is 4.39 Å². The van der Waals surface area contributed by atoms with Crippen LogP contribution in [-0.4, -0.2) is 11.7 Å². The summed E-state index contributed by atoms with van der Waals surface area (Å²) in [4.78, 5) is 23.4. The summed E-state index contributed by atoms with van der Waals surface area (Å²) in [5.74, 6) is 0.0669. The van der Waals surface area contributed by atoms with Gasteiger partial charge in [0.25, 0.3) is 0 Å². The van der Waals surface area contributed by atoms with Crippen LogP contribution in [0.15, 0.2) is 24.3 Å². The van der Waals surface area contributed by atoms with Gasteiger partial charge in [-0.15, -0.1) is 0 Å². The smallest absolute Gasteiger partial charge is 0.224 e. The number of carbonyl (C=O) groups excluding carboxylic acids is 2. The summed E-state index contributed by atoms with van der Waals surface area (Å²) in [6.45, 7) is 5.69. The number of hydrogen-bond donors (Lipinski definition) is 1. The predicted molar refractivity (Wildman–Crippen MR) is 75.7 cm³/mol. The Hall–Kier alpha value is -1.71. The summed E-state index contributed by atoms with van der Waals surface area (Å²) >= 11 is 0. The molecular weight excluding hydrogens is 257 g/mol. The minimum atomic E-state index is -0.326. The number of ketones is 1. The van der Waals surface area contributed by atoms with Crippen molar-refractivity contribution in [3.8, 4) is 0 Å². The second-order valence-electron chi connectivity index (χ2n) is 6.18. The van der Waals surface area contributed by atoms with Crippen molar-refractivity contribution in [3.63, 3.8) is 0 Å². The minimum Gasteiger partial charge on any atom is -0.326 e. The first kappa shape index (κ1) is 14.7. The van der Waals surface area contributed by atoms with Crippen LogP contribution in [0.5, 0.6) is 0 Å². The van der Waals surface area contributed by atoms with Crippen molar-refractivity contribution in [1.29, 1.82) is 0 Å². The number of halogens is 1. The van der Waals surface area contributed by atoms with Crippen molar-refractivity contribution in [1.82, 2.24) is 0 Å². The van der Waals surface area contributed by atoms with Crippen LogP contribution in [0, 0.1) is 23.1 Å². The van der Waals surface area contributed by atoms with Crippen LogP contribution >= 0.6 is 0 Å². The molecule has 0 unspecified atom stereocenters. The highest BCUT2D eigenvalue weighted by Crippen LogP contribution is 2.53. The van der Waals surface area contributed by atoms with E-state index in [1.165, 1.54) is 24.3 Å². The second kappa shape index (κ2) is 5.35. The fourth-order valence-electron chi connectivity index (χ4n) is 3.02. The first-order valence-corrected chi connectivity index (χ1v) is 6.86. The molecule has 0 aromatic heterocycles. The van der Waals surface area contributed by atoms with Gasteiger partial charge in [-0.2, -0.15) is 0 Å². The van der Waals surface area contributed by atoms with Crippen molar-refractivity contribution in [2.75, 3.05) is 5.32 Å². The molecule has 1 aliphatic rings. The molecule has 1 saturated carbocycles. The lowest BCUT2D eigenvalue weighted by atomic mass is 9.52. The highest BCUT2D eigenvalue weighted by Gasteiger charge is 2.50. The number of carbonyl (C=O) groups is 2. The van der Waals surface area contributed by atoms with Gasteiger partial charge in [0.05, 0.1) is 0 Å². The Morgan fingerprint density at radius 2 is 1.90 bits per heavy atom. The summed E-state index contributed by atoms with van der Waals surface area (Å²) in [5, 5.41) is 2.76. The van der Waals surface area contributed by atoms with Gasteiger partial charge in [0.2, 0.25) is 5.91 Å². The highest BCUT2D eigenvalue weighted by atomic mass is 19.1. The molecule has 1 aliphatic carbocycles. The molecular formula is C16H20FNO2. The minimum absolute atomic E-state index is 0.0612. The molecule has 108 valence electrons. The van der Waals surface area contributed by atoms with Gasteiger partial charge in [0.15, 0.2) is 0 Å². The maximum absolute atomic E-state index is 12.8. The average molecular weight is 277 g/mol. The van der Waals surface area contributed by atoms with Crippen molar-refractivity contribution < 1.29 is 14.0 Å². The fourth-order valence-corrected chi connectivity index (χ4v) is 3.02. The van der Waals surface area contributed by atoms with Crippen molar-refractivity contribution >= 4 is 17.4 Å². The Labute approximate surface area is 118 Å². The van der Waals surface area contributed by atoms with E-state index in [2.05, 4.69) is 5.32 Å². The SMILES string of the molecule is CC(=O)[C@H]1C[C@@H](CC(=O)Nc2ccc(F)cc2)C1(C)C. The Bertz CT molecular complexity index is 522. The van der Waals surface area contributed by atoms with E-state index in [9.17, 15) is 14.0 Å². The van der Waals surface area contributed by atoms with E-state index in [1.807, 2.05) is 13.8 Å². The number of benzene rings is 1. The van der Waals surface area contributed by atoms with Crippen LogP contribution in [0.4, 0.5) is 10.1 Å². The normalized spacial score (nSPS) is 23.8. The molecule has 1 aromatic carbocycles. The molecule has 1 N–H and O–H groups in total. The topological polar surface area (TPSA) is 46.2 Å². The first-order valence-electron chi connectivity index (χ1n) is 6.86. The van der Waals surface area contributed by atoms with Crippen LogP contribution < -0.4 is 5.32 Å². The molecule has 2 atom stereocenters. The number of anilines is 1. The Balaban J connectivity index is 1.90. The standard InChI is InChI=1S/C16H20FNO2/c1-10(19)14-8-11(16(14,2)3)9-15(20)18-13-6-4-12(17)5-7-13/h4-7,11,14H,8-9H2,1-3H3,(H,18,20)/t11-,14+/m0/s1. The van der Waals surface area contributed by atoms with E-state index < -0.39 is 0 Å². The molecule has 0 saturated heterocycles. The quantitative estimate of drug-likeness (QED) is 0.916. The summed E-state index contributed by atoms with van der Waals surface area (Å²) in [6, 6.07) is 5.71. The second-order valence-corrected chi connectivity index (χ2v) is 6.18. The Morgan fingerprint density at radius 3 is 2.40 bits per heavy atom. The van der Waals surface area contributed by atoms with E-state index in [4.69, 9.17) is 0 Å². The number of Topliss-reactive ketones (excluding diaryl/α,β-unsaturated/α-hetero) is 1. The zero-order chi connectivity index (χ0) is 14.9. The molecule has 20 heavy (non-hydrogen) atoms. The molecule has 4 heteroatoms. The number of rotatable bonds is 4. The van der Waals surface area contributed by atoms with Gasteiger partial charge in [-0.1, -0.05) is 13.8 Å². The van der Waals surface area contributed by atoms with Crippen LogP contribution in [0.3, 0.4) is 0 Å². The molecule has 1 fully saturated rings. The summed E-state index contributed by atoms with van der Waals surface area (Å²) < 4.78 is 12.8. The molecule has 2 rings (SSSR count). The molecule has 0 heterocycles. The lowest BCUT2D eigenvalue weighted by Crippen LogP contribution is -2.49. The first-order chi connectivity index (χ1) is 9.30. The van der Waals surface area contributed by atoms with Gasteiger partial charge in [-0.05, 0) is 48.9 Å². The Morgan fingerprint density at radius 1 is 1.30 bits per heavy atom. The van der Waals surface area contributed by atoms with Gasteiger partial charge < -0.3 is 5.32 Å². The van der Waals surface area contributed by atoms with E-state index in [-0.39, 0.29) is 34.8 Å². The van der Waals surface area contributed by atoms with Crippen LogP contribution in [0.2, 0.25) is 0 Å². The monoisotopic (exact) mass is 277 g/mol. The summed E-state index contributed by atoms with van der Waals surface area (Å²) in [5.41, 5.74) is 0.475. The van der Waals surface area contributed by atoms with Gasteiger partial charge in [0, 0.05) is 18.0 Å². The number of amides is 1. The molecule has 0 bridgehead atoms. The number of hydrogen-bond acceptors (Lipinski definition) is 2. The Kier molecular flexibility index (Phi) is 3.93. The molecule has 1 aromatic rings. The lowest BCUT2D eigenvalue weighted by molar-refractivity contribution is -0.139. The third-order valence-corrected chi connectivity index (χ3v) is 4.52. The van der Waals surface area contributed by atoms with Crippen LogP contribution in [-0.2, 0) is 9.59 Å². The predicted octanol–water partition coefficient (Wildman–Crippen LogP) is 3.41. The van der Waals surface area contributed by atoms with Gasteiger partial charge in [-0.3, -0.25) is 9.59 Å². The molecule has 0 radical (unpaired) electrons. The third-order valence-electron chi connectivity index (χ3n) is 4.52. The van der Waals surface area contributed by atoms with E-state index in [1.54, 1.807) is 6.92 Å². The van der Waals surface area contributed by atoms with Crippen molar-refractivity contribution in [2.24, 2.45) is 17.3 Å². The van der Waals surface area contributed by atoms with E-state index in [0.29, 0.717) is 12.1 Å². The maximum atomic E-state index is 12.8. The zero-order valence-electron chi connectivity index (χ0n) is 12.1. The van der Waals surface area contributed by atoms with Gasteiger partial charge in [0.1, 0.15) is 11.6 Å². The molecule has 0 aliphatic heterocycles. The summed E-state index contributed by atoms with van der Waals surface area (Å²) in [6.07, 6.45) is 1.17.